The molecule has 10 heteroatoms. The summed E-state index contributed by atoms with van der Waals surface area (Å²) in [6.45, 7) is 1.69. The van der Waals surface area contributed by atoms with Crippen LogP contribution in [0.25, 0.3) is 0 Å². The van der Waals surface area contributed by atoms with E-state index in [1.807, 2.05) is 0 Å². The van der Waals surface area contributed by atoms with Crippen molar-refractivity contribution in [3.63, 3.8) is 0 Å². The molecule has 1 unspecified atom stereocenters. The van der Waals surface area contributed by atoms with E-state index in [4.69, 9.17) is 5.73 Å². The molecule has 0 radical (unpaired) electrons. The molecule has 1 rings (SSSR count). The molecule has 128 valence electrons. The van der Waals surface area contributed by atoms with Crippen LogP contribution in [0.4, 0.5) is 0 Å². The Bertz CT molecular complexity index is 650. The molecule has 0 fully saturated rings. The standard InChI is InChI=1S/C12H21N3O4S2.ClH/c1-11(10-13)15(2)20(16,17)9-8-14-21(18,19)12-6-4-3-5-7-12;/h3-7,11,14H,8-10,13H2,1-2H3;1H. The van der Waals surface area contributed by atoms with Gasteiger partial charge in [0.25, 0.3) is 0 Å². The maximum Gasteiger partial charge on any atom is 0.240 e. The SMILES string of the molecule is CC(CN)N(C)S(=O)(=O)CCNS(=O)(=O)c1ccccc1.Cl. The molecule has 0 aromatic heterocycles. The molecule has 0 saturated carbocycles. The molecule has 0 bridgehead atoms. The van der Waals surface area contributed by atoms with Crippen LogP contribution in [0, 0.1) is 0 Å². The third kappa shape index (κ3) is 5.82. The Morgan fingerprint density at radius 3 is 2.23 bits per heavy atom. The minimum Gasteiger partial charge on any atom is -0.329 e. The van der Waals surface area contributed by atoms with E-state index in [9.17, 15) is 16.8 Å². The van der Waals surface area contributed by atoms with Gasteiger partial charge in [-0.15, -0.1) is 12.4 Å². The van der Waals surface area contributed by atoms with Crippen molar-refractivity contribution in [2.75, 3.05) is 25.9 Å². The third-order valence-corrected chi connectivity index (χ3v) is 6.54. The average molecular weight is 372 g/mol. The van der Waals surface area contributed by atoms with Crippen molar-refractivity contribution >= 4 is 32.5 Å². The summed E-state index contributed by atoms with van der Waals surface area (Å²) < 4.78 is 51.3. The molecule has 0 amide bonds. The Labute approximate surface area is 138 Å². The summed E-state index contributed by atoms with van der Waals surface area (Å²) in [7, 11) is -5.81. The van der Waals surface area contributed by atoms with Crippen molar-refractivity contribution in [1.29, 1.82) is 0 Å². The molecule has 1 aromatic rings. The van der Waals surface area contributed by atoms with Crippen LogP contribution in [0.1, 0.15) is 6.92 Å². The third-order valence-electron chi connectivity index (χ3n) is 3.11. The lowest BCUT2D eigenvalue weighted by Gasteiger charge is -2.22. The van der Waals surface area contributed by atoms with Gasteiger partial charge in [0, 0.05) is 26.2 Å². The molecular weight excluding hydrogens is 350 g/mol. The summed E-state index contributed by atoms with van der Waals surface area (Å²) in [4.78, 5) is 0.103. The van der Waals surface area contributed by atoms with E-state index in [0.717, 1.165) is 4.31 Å². The Morgan fingerprint density at radius 1 is 1.18 bits per heavy atom. The van der Waals surface area contributed by atoms with Crippen LogP contribution in [0.3, 0.4) is 0 Å². The van der Waals surface area contributed by atoms with Crippen molar-refractivity contribution < 1.29 is 16.8 Å². The van der Waals surface area contributed by atoms with Crippen molar-refractivity contribution in [3.05, 3.63) is 30.3 Å². The molecule has 0 aliphatic heterocycles. The molecule has 0 saturated heterocycles. The highest BCUT2D eigenvalue weighted by Crippen LogP contribution is 2.07. The summed E-state index contributed by atoms with van der Waals surface area (Å²) in [5, 5.41) is 0. The molecule has 0 aliphatic carbocycles. The van der Waals surface area contributed by atoms with Gasteiger partial charge >= 0.3 is 0 Å². The lowest BCUT2D eigenvalue weighted by molar-refractivity contribution is 0.394. The molecule has 3 N–H and O–H groups in total. The second kappa shape index (κ2) is 8.80. The molecule has 1 atom stereocenters. The number of nitrogens with one attached hydrogen (secondary N) is 1. The minimum absolute atomic E-state index is 0. The van der Waals surface area contributed by atoms with Crippen molar-refractivity contribution in [3.8, 4) is 0 Å². The van der Waals surface area contributed by atoms with Crippen molar-refractivity contribution in [2.45, 2.75) is 17.9 Å². The fourth-order valence-corrected chi connectivity index (χ4v) is 4.02. The number of likely N-dealkylation sites (N-methyl/N-ethyl adjacent to an activating group) is 1. The van der Waals surface area contributed by atoms with Gasteiger partial charge in [0.15, 0.2) is 0 Å². The lowest BCUT2D eigenvalue weighted by atomic mass is 10.4. The summed E-state index contributed by atoms with van der Waals surface area (Å²) in [5.74, 6) is -0.320. The first kappa shape index (κ1) is 21.3. The zero-order valence-electron chi connectivity index (χ0n) is 12.5. The molecular formula is C12H22ClN3O4S2. The fourth-order valence-electron chi connectivity index (χ4n) is 1.55. The molecule has 0 spiro atoms. The van der Waals surface area contributed by atoms with Gasteiger partial charge in [-0.3, -0.25) is 0 Å². The van der Waals surface area contributed by atoms with E-state index in [2.05, 4.69) is 4.72 Å². The van der Waals surface area contributed by atoms with Gasteiger partial charge in [0.2, 0.25) is 20.0 Å². The predicted molar refractivity (Wildman–Crippen MR) is 88.9 cm³/mol. The van der Waals surface area contributed by atoms with Crippen LogP contribution >= 0.6 is 12.4 Å². The van der Waals surface area contributed by atoms with Gasteiger partial charge in [0.1, 0.15) is 0 Å². The van der Waals surface area contributed by atoms with Crippen LogP contribution < -0.4 is 10.5 Å². The number of hydrogen-bond acceptors (Lipinski definition) is 5. The molecule has 0 heterocycles. The first-order valence-electron chi connectivity index (χ1n) is 6.41. The first-order chi connectivity index (χ1) is 9.70. The van der Waals surface area contributed by atoms with Crippen LogP contribution in [0.5, 0.6) is 0 Å². The van der Waals surface area contributed by atoms with Gasteiger partial charge < -0.3 is 5.73 Å². The van der Waals surface area contributed by atoms with E-state index < -0.39 is 20.0 Å². The van der Waals surface area contributed by atoms with Gasteiger partial charge in [-0.2, -0.15) is 0 Å². The highest BCUT2D eigenvalue weighted by atomic mass is 35.5. The van der Waals surface area contributed by atoms with Crippen LogP contribution in [-0.2, 0) is 20.0 Å². The minimum atomic E-state index is -3.69. The van der Waals surface area contributed by atoms with Gasteiger partial charge in [-0.1, -0.05) is 18.2 Å². The van der Waals surface area contributed by atoms with Gasteiger partial charge in [-0.05, 0) is 19.1 Å². The zero-order valence-corrected chi connectivity index (χ0v) is 14.9. The average Bonchev–Trinajstić information content (AvgIpc) is 2.46. The van der Waals surface area contributed by atoms with Crippen molar-refractivity contribution in [1.82, 2.24) is 9.03 Å². The monoisotopic (exact) mass is 371 g/mol. The summed E-state index contributed by atoms with van der Waals surface area (Å²) in [5.41, 5.74) is 5.43. The van der Waals surface area contributed by atoms with Crippen LogP contribution in [-0.4, -0.2) is 53.1 Å². The summed E-state index contributed by atoms with van der Waals surface area (Å²) in [6.07, 6.45) is 0. The van der Waals surface area contributed by atoms with E-state index in [0.29, 0.717) is 0 Å². The number of halogens is 1. The predicted octanol–water partition coefficient (Wildman–Crippen LogP) is -0.00450. The lowest BCUT2D eigenvalue weighted by Crippen LogP contribution is -2.43. The molecule has 22 heavy (non-hydrogen) atoms. The van der Waals surface area contributed by atoms with Crippen LogP contribution in [0.2, 0.25) is 0 Å². The maximum absolute atomic E-state index is 12.0. The van der Waals surface area contributed by atoms with E-state index in [1.54, 1.807) is 25.1 Å². The fraction of sp³-hybridized carbons (Fsp3) is 0.500. The van der Waals surface area contributed by atoms with Gasteiger partial charge in [0.05, 0.1) is 10.6 Å². The van der Waals surface area contributed by atoms with Crippen molar-refractivity contribution in [2.24, 2.45) is 5.73 Å². The highest BCUT2D eigenvalue weighted by molar-refractivity contribution is 7.90. The Hall–Kier alpha value is -0.710. The molecule has 1 aromatic carbocycles. The van der Waals surface area contributed by atoms with E-state index in [-0.39, 0.29) is 42.2 Å². The largest absolute Gasteiger partial charge is 0.329 e. The Kier molecular flexibility index (Phi) is 8.52. The van der Waals surface area contributed by atoms with Crippen LogP contribution in [0.15, 0.2) is 35.2 Å². The topological polar surface area (TPSA) is 110 Å². The Morgan fingerprint density at radius 2 is 1.73 bits per heavy atom. The first-order valence-corrected chi connectivity index (χ1v) is 9.50. The van der Waals surface area contributed by atoms with E-state index >= 15 is 0 Å². The number of rotatable bonds is 8. The van der Waals surface area contributed by atoms with E-state index in [1.165, 1.54) is 19.2 Å². The van der Waals surface area contributed by atoms with Gasteiger partial charge in [-0.25, -0.2) is 25.9 Å². The summed E-state index contributed by atoms with van der Waals surface area (Å²) in [6, 6.07) is 7.45. The Balaban J connectivity index is 0.00000441. The molecule has 0 aliphatic rings. The number of nitrogens with zero attached hydrogens (tertiary/aromatic N) is 1. The quantitative estimate of drug-likeness (QED) is 0.668. The number of benzene rings is 1. The maximum atomic E-state index is 12.0. The number of nitrogens with two attached hydrogens (primary N) is 1. The summed E-state index contributed by atoms with van der Waals surface area (Å²) >= 11 is 0. The second-order valence-electron chi connectivity index (χ2n) is 4.63. The normalized spacial score (nSPS) is 13.6. The zero-order chi connectivity index (χ0) is 16.1. The second-order valence-corrected chi connectivity index (χ2v) is 8.54. The number of sulfonamides is 2. The number of hydrogen-bond donors (Lipinski definition) is 2. The highest BCUT2D eigenvalue weighted by Gasteiger charge is 2.23. The molecule has 7 nitrogen and oxygen atoms in total. The smallest absolute Gasteiger partial charge is 0.240 e.